The zero-order valence-electron chi connectivity index (χ0n) is 55.1. The van der Waals surface area contributed by atoms with Crippen LogP contribution in [0, 0.1) is 12.8 Å². The molecule has 1 amide bonds. The summed E-state index contributed by atoms with van der Waals surface area (Å²) in [6, 6.07) is 25.3. The minimum Gasteiger partial charge on any atom is -0.382 e. The van der Waals surface area contributed by atoms with Gasteiger partial charge >= 0.3 is 0 Å². The van der Waals surface area contributed by atoms with E-state index in [-0.39, 0.29) is 5.91 Å². The number of carbonyl (C=O) groups excluding carboxylic acids is 1. The first-order chi connectivity index (χ1) is 43.0. The maximum atomic E-state index is 11.6. The molecule has 17 heteroatoms. The lowest BCUT2D eigenvalue weighted by molar-refractivity contribution is -0.117. The number of carbonyl (C=O) groups is 1. The average molecular weight is 1260 g/mol. The Morgan fingerprint density at radius 3 is 1.71 bits per heavy atom. The molecule has 89 heavy (non-hydrogen) atoms. The summed E-state index contributed by atoms with van der Waals surface area (Å²) in [6.07, 6.45) is 19.3. The normalized spacial score (nSPS) is 12.4. The number of benzene rings is 3. The quantitative estimate of drug-likeness (QED) is 0.0191. The van der Waals surface area contributed by atoms with Crippen molar-refractivity contribution in [1.29, 1.82) is 0 Å². The molecular formula is C72H104Cl2N12O3. The Morgan fingerprint density at radius 1 is 0.652 bits per heavy atom. The zero-order chi connectivity index (χ0) is 64.3. The Labute approximate surface area is 543 Å². The first-order valence-corrected chi connectivity index (χ1v) is 33.1. The largest absolute Gasteiger partial charge is 0.382 e. The number of hydrogen-bond donors (Lipinski definition) is 3. The third kappa shape index (κ3) is 27.8. The summed E-state index contributed by atoms with van der Waals surface area (Å²) in [7, 11) is 0. The molecule has 3 N–H and O–H groups in total. The van der Waals surface area contributed by atoms with Gasteiger partial charge in [-0.15, -0.1) is 18.3 Å². The van der Waals surface area contributed by atoms with Crippen molar-refractivity contribution in [3.8, 4) is 0 Å². The predicted octanol–water partition coefficient (Wildman–Crippen LogP) is 15.5. The number of amides is 1. The smallest absolute Gasteiger partial charge is 0.246 e. The number of pyridine rings is 3. The third-order valence-corrected chi connectivity index (χ3v) is 16.3. The maximum absolute atomic E-state index is 11.6. The van der Waals surface area contributed by atoms with Gasteiger partial charge in [-0.3, -0.25) is 24.4 Å². The lowest BCUT2D eigenvalue weighted by Crippen LogP contribution is -2.29. The number of nitrogens with zero attached hydrogens (tertiary/aromatic N) is 9. The zero-order valence-corrected chi connectivity index (χ0v) is 56.7. The molecule has 15 nitrogen and oxygen atoms in total. The van der Waals surface area contributed by atoms with Crippen LogP contribution < -0.4 is 16.0 Å². The molecule has 0 bridgehead atoms. The van der Waals surface area contributed by atoms with Crippen LogP contribution in [0.25, 0.3) is 32.7 Å². The van der Waals surface area contributed by atoms with Crippen molar-refractivity contribution < 1.29 is 14.3 Å². The van der Waals surface area contributed by atoms with Gasteiger partial charge in [0.25, 0.3) is 0 Å². The Balaban J connectivity index is 0.000000245. The van der Waals surface area contributed by atoms with Gasteiger partial charge in [0.1, 0.15) is 5.69 Å². The second-order valence-corrected chi connectivity index (χ2v) is 24.5. The number of nitrogens with one attached hydrogen (secondary N) is 3. The van der Waals surface area contributed by atoms with Crippen LogP contribution in [0.3, 0.4) is 0 Å². The molecule has 3 aromatic carbocycles. The third-order valence-electron chi connectivity index (χ3n) is 15.8. The molecule has 0 fully saturated rings. The van der Waals surface area contributed by atoms with Crippen LogP contribution in [0.2, 0.25) is 10.0 Å². The fourth-order valence-corrected chi connectivity index (χ4v) is 10.8. The average Bonchev–Trinajstić information content (AvgIpc) is 2.59. The van der Waals surface area contributed by atoms with Crippen LogP contribution >= 0.6 is 23.2 Å². The molecule has 484 valence electrons. The van der Waals surface area contributed by atoms with Gasteiger partial charge in [-0.05, 0) is 209 Å². The number of rotatable bonds is 39. The van der Waals surface area contributed by atoms with E-state index in [0.29, 0.717) is 40.2 Å². The highest BCUT2D eigenvalue weighted by atomic mass is 35.5. The summed E-state index contributed by atoms with van der Waals surface area (Å²) in [5, 5.41) is 23.3. The number of fused-ring (bicyclic) bond motifs is 3. The lowest BCUT2D eigenvalue weighted by Gasteiger charge is -2.22. The number of aryl methyl sites for hydroxylation is 1. The van der Waals surface area contributed by atoms with Crippen molar-refractivity contribution in [2.75, 3.05) is 96.0 Å². The van der Waals surface area contributed by atoms with E-state index >= 15 is 0 Å². The van der Waals surface area contributed by atoms with E-state index in [0.717, 1.165) is 181 Å². The van der Waals surface area contributed by atoms with Gasteiger partial charge in [0.05, 0.1) is 62.3 Å². The van der Waals surface area contributed by atoms with Gasteiger partial charge in [-0.2, -0.15) is 0 Å². The highest BCUT2D eigenvalue weighted by molar-refractivity contribution is 6.31. The minimum absolute atomic E-state index is 0.159. The second-order valence-electron chi connectivity index (χ2n) is 23.6. The topological polar surface area (TPSA) is 151 Å². The number of halogens is 2. The molecule has 0 aliphatic heterocycles. The molecule has 7 aromatic rings. The molecule has 0 saturated carbocycles. The molecule has 0 spiro atoms. The molecule has 4 aromatic heterocycles. The second kappa shape index (κ2) is 41.2. The Bertz CT molecular complexity index is 3230. The fourth-order valence-electron chi connectivity index (χ4n) is 10.4. The summed E-state index contributed by atoms with van der Waals surface area (Å²) in [6.45, 7) is 44.1. The number of anilines is 2. The van der Waals surface area contributed by atoms with Crippen LogP contribution in [-0.4, -0.2) is 148 Å². The fraction of sp³-hybridized carbons (Fsp3) is 0.500. The lowest BCUT2D eigenvalue weighted by atomic mass is 9.94. The number of likely N-dealkylation sites (N-methyl/N-ethyl adjacent to an activating group) is 3. The molecule has 0 radical (unpaired) electrons. The molecule has 3 unspecified atom stereocenters. The minimum atomic E-state index is -0.159. The van der Waals surface area contributed by atoms with Crippen molar-refractivity contribution in [1.82, 2.24) is 50.0 Å². The standard InChI is InChI=1S/C27H38N6O.C23H34ClN3O.C22H32ClN3O/c1-6-32(14-15-33-19-24(30-31-33)18-29-27(34)20(2)3)13-7-8-21(4)16-23-11-12-28-26-17-22(5)9-10-25(23)26;1-5-27(14-16-28-15-11-18(2)3)13-6-7-19(4)26-22-10-12-25-23-17-20(24)8-9-21(22)23;1-4-6-15-27-16-14-26(5-2)13-7-8-18(3)25-21-11-12-24-22-17-19(23)9-10-20(21)22/h9-12,17,19,21H,2,6-8,13-16,18H2,1,3-5H3,(H,29,34);8-10,12,17,19H,2,5-7,11,13-16H2,1,3-4H3,(H,25,26);4,9-12,17-18H,1,5-8,13-16H2,2-3H3,(H,24,25). The van der Waals surface area contributed by atoms with Crippen molar-refractivity contribution in [3.05, 3.63) is 161 Å². The highest BCUT2D eigenvalue weighted by Gasteiger charge is 2.14. The van der Waals surface area contributed by atoms with Gasteiger partial charge < -0.3 is 40.1 Å². The van der Waals surface area contributed by atoms with Crippen LogP contribution in [0.1, 0.15) is 124 Å². The van der Waals surface area contributed by atoms with Crippen LogP contribution in [-0.2, 0) is 33.8 Å². The van der Waals surface area contributed by atoms with E-state index in [2.05, 4.69) is 148 Å². The van der Waals surface area contributed by atoms with Crippen molar-refractivity contribution >= 4 is 73.2 Å². The predicted molar refractivity (Wildman–Crippen MR) is 376 cm³/mol. The summed E-state index contributed by atoms with van der Waals surface area (Å²) >= 11 is 12.1. The Kier molecular flexibility index (Phi) is 34.0. The van der Waals surface area contributed by atoms with E-state index in [1.54, 1.807) is 6.92 Å². The molecule has 4 heterocycles. The van der Waals surface area contributed by atoms with Crippen LogP contribution in [0.15, 0.2) is 135 Å². The van der Waals surface area contributed by atoms with Crippen molar-refractivity contribution in [3.63, 3.8) is 0 Å². The van der Waals surface area contributed by atoms with Gasteiger partial charge in [0.2, 0.25) is 5.91 Å². The first kappa shape index (κ1) is 73.4. The van der Waals surface area contributed by atoms with Crippen LogP contribution in [0.5, 0.6) is 0 Å². The molecular weight excluding hydrogens is 1150 g/mol. The number of aromatic nitrogens is 6. The van der Waals surface area contributed by atoms with E-state index in [4.69, 9.17) is 32.7 Å². The number of ether oxygens (including phenoxy) is 2. The first-order valence-electron chi connectivity index (χ1n) is 32.3. The maximum Gasteiger partial charge on any atom is 0.246 e. The van der Waals surface area contributed by atoms with Crippen LogP contribution in [0.4, 0.5) is 11.4 Å². The van der Waals surface area contributed by atoms with Gasteiger partial charge in [-0.1, -0.05) is 86.5 Å². The Morgan fingerprint density at radius 2 is 1.17 bits per heavy atom. The SMILES string of the molecule is C=C(C)C(=O)NCc1cn(CCN(CC)CCCC(C)Cc2ccnc3cc(C)ccc23)nn1.C=C(C)CCOCCN(CC)CCCC(C)Nc1ccnc2cc(Cl)ccc12.C=CCCOCCN(CC)CCCC(C)Nc1ccnc2cc(Cl)ccc12. The van der Waals surface area contributed by atoms with E-state index in [9.17, 15) is 4.79 Å². The molecule has 0 aliphatic carbocycles. The summed E-state index contributed by atoms with van der Waals surface area (Å²) in [4.78, 5) is 32.3. The molecule has 3 atom stereocenters. The van der Waals surface area contributed by atoms with Crippen molar-refractivity contribution in [2.24, 2.45) is 5.92 Å². The Hall–Kier alpha value is -6.30. The molecule has 0 saturated heterocycles. The van der Waals surface area contributed by atoms with Crippen molar-refractivity contribution in [2.45, 2.75) is 145 Å². The number of hydrogen-bond acceptors (Lipinski definition) is 13. The highest BCUT2D eigenvalue weighted by Crippen LogP contribution is 2.28. The van der Waals surface area contributed by atoms with Gasteiger partial charge in [0, 0.05) is 93.5 Å². The van der Waals surface area contributed by atoms with Gasteiger partial charge in [-0.25, -0.2) is 0 Å². The van der Waals surface area contributed by atoms with E-state index in [1.165, 1.54) is 34.9 Å². The summed E-state index contributed by atoms with van der Waals surface area (Å²) < 4.78 is 13.2. The molecule has 7 rings (SSSR count). The van der Waals surface area contributed by atoms with Gasteiger partial charge in [0.15, 0.2) is 0 Å². The summed E-state index contributed by atoms with van der Waals surface area (Å²) in [5.41, 5.74) is 10.2. The molecule has 0 aliphatic rings. The summed E-state index contributed by atoms with van der Waals surface area (Å²) in [5.74, 6) is 0.464. The monoisotopic (exact) mass is 1250 g/mol. The van der Waals surface area contributed by atoms with E-state index in [1.807, 2.05) is 91.0 Å². The van der Waals surface area contributed by atoms with E-state index < -0.39 is 0 Å².